The molecule has 10 heteroatoms. The number of aromatic nitrogens is 2. The maximum absolute atomic E-state index is 14.5. The van der Waals surface area contributed by atoms with Crippen LogP contribution in [0, 0.1) is 29.6 Å². The Balaban J connectivity index is 1.31. The number of likely N-dealkylation sites (N-methyl/N-ethyl adjacent to an activating group) is 1. The first-order valence-electron chi connectivity index (χ1n) is 20.1. The molecule has 286 valence electrons. The summed E-state index contributed by atoms with van der Waals surface area (Å²) < 4.78 is 17.7. The van der Waals surface area contributed by atoms with E-state index < -0.39 is 5.41 Å². The van der Waals surface area contributed by atoms with Gasteiger partial charge in [0.15, 0.2) is 0 Å². The lowest BCUT2D eigenvalue weighted by molar-refractivity contribution is -0.169. The minimum Gasteiger partial charge on any atom is -0.496 e. The molecule has 11 atom stereocenters. The highest BCUT2D eigenvalue weighted by atomic mass is 16.5. The maximum atomic E-state index is 14.5. The Labute approximate surface area is 317 Å². The van der Waals surface area contributed by atoms with Crippen LogP contribution in [-0.2, 0) is 42.1 Å². The van der Waals surface area contributed by atoms with Gasteiger partial charge in [-0.3, -0.25) is 14.5 Å². The van der Waals surface area contributed by atoms with Gasteiger partial charge in [-0.1, -0.05) is 44.9 Å². The molecule has 54 heavy (non-hydrogen) atoms. The average molecular weight is 735 g/mol. The summed E-state index contributed by atoms with van der Waals surface area (Å²) in [7, 11) is 6.94. The van der Waals surface area contributed by atoms with Gasteiger partial charge in [-0.25, -0.2) is 0 Å². The van der Waals surface area contributed by atoms with Gasteiger partial charge >= 0.3 is 11.9 Å². The molecule has 0 radical (unpaired) electrons. The van der Waals surface area contributed by atoms with Crippen molar-refractivity contribution in [3.05, 3.63) is 64.5 Å². The summed E-state index contributed by atoms with van der Waals surface area (Å²) in [6.07, 6.45) is 6.71. The van der Waals surface area contributed by atoms with E-state index in [-0.39, 0.29) is 59.7 Å². The molecule has 4 aromatic rings. The van der Waals surface area contributed by atoms with Crippen molar-refractivity contribution in [2.75, 3.05) is 41.5 Å². The molecule has 4 fully saturated rings. The van der Waals surface area contributed by atoms with E-state index in [9.17, 15) is 14.4 Å². The van der Waals surface area contributed by atoms with Crippen LogP contribution in [0.25, 0.3) is 21.8 Å². The number of methoxy groups -OCH3 is 3. The number of nitrogens with one attached hydrogen (secondary N) is 2. The lowest BCUT2D eigenvalue weighted by Gasteiger charge is -2.60. The molecule has 11 unspecified atom stereocenters. The molecular weight excluding hydrogens is 681 g/mol. The number of ether oxygens (including phenoxy) is 3. The smallest absolute Gasteiger partial charge is 0.319 e. The summed E-state index contributed by atoms with van der Waals surface area (Å²) in [6, 6.07) is 12.4. The zero-order valence-corrected chi connectivity index (χ0v) is 32.4. The number of carbonyl (C=O) groups is 3. The summed E-state index contributed by atoms with van der Waals surface area (Å²) >= 11 is 0. The highest BCUT2D eigenvalue weighted by molar-refractivity contribution is 5.95. The van der Waals surface area contributed by atoms with Gasteiger partial charge in [-0.15, -0.1) is 0 Å². The minimum atomic E-state index is -0.926. The van der Waals surface area contributed by atoms with Crippen molar-refractivity contribution in [3.8, 4) is 5.75 Å². The Morgan fingerprint density at radius 1 is 0.963 bits per heavy atom. The Kier molecular flexibility index (Phi) is 8.73. The van der Waals surface area contributed by atoms with Crippen molar-refractivity contribution in [1.29, 1.82) is 0 Å². The molecule has 0 amide bonds. The highest BCUT2D eigenvalue weighted by Crippen LogP contribution is 2.58. The summed E-state index contributed by atoms with van der Waals surface area (Å²) in [5.41, 5.74) is 6.68. The first kappa shape index (κ1) is 35.5. The van der Waals surface area contributed by atoms with Gasteiger partial charge in [-0.2, -0.15) is 0 Å². The average Bonchev–Trinajstić information content (AvgIpc) is 3.72. The molecule has 0 spiro atoms. The molecule has 2 aliphatic carbocycles. The predicted molar refractivity (Wildman–Crippen MR) is 207 cm³/mol. The number of hydrogen-bond donors (Lipinski definition) is 2. The zero-order valence-electron chi connectivity index (χ0n) is 32.4. The van der Waals surface area contributed by atoms with Gasteiger partial charge in [0.1, 0.15) is 17.5 Å². The number of rotatable bonds is 7. The van der Waals surface area contributed by atoms with Gasteiger partial charge in [-0.05, 0) is 92.1 Å². The number of likely N-dealkylation sites (tertiary alicyclic amines) is 1. The molecule has 6 aliphatic rings. The highest BCUT2D eigenvalue weighted by Gasteiger charge is 2.65. The lowest BCUT2D eigenvalue weighted by atomic mass is 9.54. The second-order valence-corrected chi connectivity index (χ2v) is 16.9. The Bertz CT molecular complexity index is 2140. The van der Waals surface area contributed by atoms with Crippen LogP contribution in [0.4, 0.5) is 0 Å². The van der Waals surface area contributed by atoms with Crippen molar-refractivity contribution < 1.29 is 28.6 Å². The van der Waals surface area contributed by atoms with Crippen molar-refractivity contribution >= 4 is 40.0 Å². The monoisotopic (exact) mass is 734 g/mol. The van der Waals surface area contributed by atoms with Crippen LogP contribution < -0.4 is 4.74 Å². The van der Waals surface area contributed by atoms with Crippen LogP contribution in [0.2, 0.25) is 0 Å². The van der Waals surface area contributed by atoms with Crippen LogP contribution in [0.1, 0.15) is 79.9 Å². The van der Waals surface area contributed by atoms with E-state index in [1.54, 1.807) is 7.11 Å². The molecule has 10 nitrogen and oxygen atoms in total. The number of nitrogens with zero attached hydrogens (tertiary/aromatic N) is 2. The van der Waals surface area contributed by atoms with Crippen LogP contribution in [0.3, 0.4) is 0 Å². The van der Waals surface area contributed by atoms with Crippen LogP contribution >= 0.6 is 0 Å². The fourth-order valence-corrected chi connectivity index (χ4v) is 12.8. The van der Waals surface area contributed by atoms with Gasteiger partial charge in [0.05, 0.1) is 38.8 Å². The molecule has 6 heterocycles. The molecule has 3 saturated heterocycles. The van der Waals surface area contributed by atoms with Crippen LogP contribution in [0.5, 0.6) is 5.75 Å². The minimum absolute atomic E-state index is 0.00897. The van der Waals surface area contributed by atoms with E-state index in [4.69, 9.17) is 14.2 Å². The first-order chi connectivity index (χ1) is 26.2. The van der Waals surface area contributed by atoms with Gasteiger partial charge in [0.2, 0.25) is 0 Å². The topological polar surface area (TPSA) is 117 Å². The van der Waals surface area contributed by atoms with Gasteiger partial charge in [0, 0.05) is 64.3 Å². The summed E-state index contributed by atoms with van der Waals surface area (Å²) in [6.45, 7) is 6.07. The number of aldehydes is 1. The third kappa shape index (κ3) is 4.80. The Morgan fingerprint density at radius 2 is 1.76 bits per heavy atom. The Morgan fingerprint density at radius 3 is 2.48 bits per heavy atom. The SMILES string of the molecule is CCC1CN(C)C2Cc3c([nH]c4ccccc34)C(c3c(OC)ccc4c5c([nH]c34)C3(C(=O)OC)CC4CC(CC)C3N(CC5)C4C=O)CC1C2C(=O)OC. The van der Waals surface area contributed by atoms with Gasteiger partial charge in [0.25, 0.3) is 0 Å². The largest absolute Gasteiger partial charge is 0.496 e. The van der Waals surface area contributed by atoms with E-state index >= 15 is 0 Å². The standard InChI is InChI=1S/C44H54N4O6/c1-7-23-17-25-20-44(43(51)54-6)40-28(15-16-48(41(23)44)34(25)22-49)27-13-14-35(52-4)37(39(27)46-40)31-18-29-24(8-2)21-47(3)33(36(29)42(50)53-5)19-30-26-11-9-10-12-32(26)45-38(30)31/h9-14,22-25,29,31,33-34,36,41,45-46H,7-8,15-21H2,1-6H3. The van der Waals surface area contributed by atoms with Crippen molar-refractivity contribution in [2.45, 2.75) is 88.3 Å². The number of hydrogen-bond acceptors (Lipinski definition) is 8. The summed E-state index contributed by atoms with van der Waals surface area (Å²) in [4.78, 5) is 53.7. The third-order valence-corrected chi connectivity index (χ3v) is 15.0. The van der Waals surface area contributed by atoms with Gasteiger partial charge < -0.3 is 33.9 Å². The molecule has 2 aromatic carbocycles. The van der Waals surface area contributed by atoms with E-state index in [1.807, 2.05) is 0 Å². The maximum Gasteiger partial charge on any atom is 0.319 e. The van der Waals surface area contributed by atoms with Crippen molar-refractivity contribution in [1.82, 2.24) is 19.8 Å². The fraction of sp³-hybridized carbons (Fsp3) is 0.568. The fourth-order valence-electron chi connectivity index (χ4n) is 12.8. The second-order valence-electron chi connectivity index (χ2n) is 16.9. The predicted octanol–water partition coefficient (Wildman–Crippen LogP) is 6.14. The summed E-state index contributed by atoms with van der Waals surface area (Å²) in [5, 5.41) is 2.26. The van der Waals surface area contributed by atoms with Crippen molar-refractivity contribution in [3.63, 3.8) is 0 Å². The molecule has 6 bridgehead atoms. The molecule has 2 N–H and O–H groups in total. The molecule has 1 saturated carbocycles. The number of aromatic amines is 2. The number of piperidine rings is 3. The van der Waals surface area contributed by atoms with E-state index in [2.05, 4.69) is 77.1 Å². The van der Waals surface area contributed by atoms with Crippen LogP contribution in [0.15, 0.2) is 36.4 Å². The normalized spacial score (nSPS) is 34.3. The number of H-pyrrole nitrogens is 2. The van der Waals surface area contributed by atoms with E-state index in [0.717, 1.165) is 83.9 Å². The summed E-state index contributed by atoms with van der Waals surface area (Å²) in [5.74, 6) is 0.730. The number of carbonyl (C=O) groups excluding carboxylic acids is 3. The number of benzene rings is 2. The number of fused-ring (bicyclic) bond motifs is 9. The second kappa shape index (κ2) is 13.3. The molecule has 4 aliphatic heterocycles. The first-order valence-corrected chi connectivity index (χ1v) is 20.1. The quantitative estimate of drug-likeness (QED) is 0.172. The zero-order chi connectivity index (χ0) is 37.6. The van der Waals surface area contributed by atoms with Crippen molar-refractivity contribution in [2.24, 2.45) is 29.6 Å². The molecular formula is C44H54N4O6. The molecule has 10 rings (SSSR count). The third-order valence-electron chi connectivity index (χ3n) is 15.0. The Hall–Kier alpha value is -4.15. The van der Waals surface area contributed by atoms with Crippen LogP contribution in [-0.4, -0.2) is 97.6 Å². The molecule has 2 aromatic heterocycles. The van der Waals surface area contributed by atoms with E-state index in [1.165, 1.54) is 30.9 Å². The van der Waals surface area contributed by atoms with E-state index in [0.29, 0.717) is 25.3 Å². The lowest BCUT2D eigenvalue weighted by Crippen LogP contribution is -2.71. The number of esters is 2. The number of para-hydroxylation sites is 1.